The Hall–Kier alpha value is -2.91. The van der Waals surface area contributed by atoms with E-state index in [2.05, 4.69) is 10.3 Å². The van der Waals surface area contributed by atoms with E-state index in [4.69, 9.17) is 9.47 Å². The van der Waals surface area contributed by atoms with Crippen LogP contribution >= 0.6 is 0 Å². The van der Waals surface area contributed by atoms with Crippen molar-refractivity contribution in [2.75, 3.05) is 19.8 Å². The Bertz CT molecular complexity index is 1020. The zero-order valence-electron chi connectivity index (χ0n) is 17.4. The fraction of sp³-hybridized carbons (Fsp3) is 0.348. The summed E-state index contributed by atoms with van der Waals surface area (Å²) in [4.78, 5) is 15.0. The molecule has 2 aromatic carbocycles. The number of benzene rings is 2. The Balaban J connectivity index is 1.66. The van der Waals surface area contributed by atoms with Gasteiger partial charge in [-0.15, -0.1) is 0 Å². The summed E-state index contributed by atoms with van der Waals surface area (Å²) in [6.45, 7) is 0.955. The lowest BCUT2D eigenvalue weighted by atomic mass is 10.1. The minimum absolute atomic E-state index is 0.284. The molecule has 0 fully saturated rings. The van der Waals surface area contributed by atoms with E-state index in [0.29, 0.717) is 24.1 Å². The zero-order chi connectivity index (χ0) is 23.1. The van der Waals surface area contributed by atoms with Gasteiger partial charge in [0, 0.05) is 23.6 Å². The summed E-state index contributed by atoms with van der Waals surface area (Å²) >= 11 is 0. The van der Waals surface area contributed by atoms with Crippen LogP contribution in [0, 0.1) is 0 Å². The van der Waals surface area contributed by atoms with Gasteiger partial charge in [-0.2, -0.15) is 8.78 Å². The molecule has 32 heavy (non-hydrogen) atoms. The normalized spacial score (nSPS) is 12.9. The van der Waals surface area contributed by atoms with Gasteiger partial charge in [-0.05, 0) is 36.6 Å². The predicted molar refractivity (Wildman–Crippen MR) is 112 cm³/mol. The summed E-state index contributed by atoms with van der Waals surface area (Å²) in [7, 11) is 0. The first-order valence-corrected chi connectivity index (χ1v) is 10.1. The minimum atomic E-state index is -4.23. The number of halogens is 4. The Labute approximate surface area is 182 Å². The number of rotatable bonds is 11. The standard InChI is InChI=1S/C23H24F4N2O3/c1-2-31-21(30)16-8-9-18-17(13-29-19(18)12-16)10-11-28-20(15-6-4-3-5-7-15)32-14-23(26,27)22(24)25/h3-9,12-13,20,22,28-29H,2,10-11,14H2,1H3. The summed E-state index contributed by atoms with van der Waals surface area (Å²) in [5, 5.41) is 3.91. The SMILES string of the molecule is CCOC(=O)c1ccc2c(CCNC(OCC(F)(F)C(F)F)c3ccccc3)c[nH]c2c1. The predicted octanol–water partition coefficient (Wildman–Crippen LogP) is 5.09. The summed E-state index contributed by atoms with van der Waals surface area (Å²) < 4.78 is 61.8. The van der Waals surface area contributed by atoms with Gasteiger partial charge in [0.05, 0.1) is 12.2 Å². The Morgan fingerprint density at radius 1 is 1.16 bits per heavy atom. The van der Waals surface area contributed by atoms with E-state index < -0.39 is 31.2 Å². The summed E-state index contributed by atoms with van der Waals surface area (Å²) in [5.74, 6) is -4.64. The molecule has 0 aliphatic rings. The molecule has 9 heteroatoms. The molecule has 5 nitrogen and oxygen atoms in total. The largest absolute Gasteiger partial charge is 0.462 e. The van der Waals surface area contributed by atoms with Crippen LogP contribution in [0.5, 0.6) is 0 Å². The van der Waals surface area contributed by atoms with Crippen molar-refractivity contribution >= 4 is 16.9 Å². The van der Waals surface area contributed by atoms with Gasteiger partial charge < -0.3 is 14.5 Å². The summed E-state index contributed by atoms with van der Waals surface area (Å²) in [6, 6.07) is 13.7. The van der Waals surface area contributed by atoms with Crippen molar-refractivity contribution in [2.45, 2.75) is 31.9 Å². The first-order chi connectivity index (χ1) is 15.3. The Morgan fingerprint density at radius 3 is 2.59 bits per heavy atom. The van der Waals surface area contributed by atoms with E-state index in [1.54, 1.807) is 55.6 Å². The van der Waals surface area contributed by atoms with Gasteiger partial charge in [0.15, 0.2) is 0 Å². The fourth-order valence-corrected chi connectivity index (χ4v) is 3.23. The van der Waals surface area contributed by atoms with Crippen LogP contribution in [0.4, 0.5) is 17.6 Å². The molecule has 0 saturated carbocycles. The molecule has 0 saturated heterocycles. The van der Waals surface area contributed by atoms with Gasteiger partial charge in [0.25, 0.3) is 0 Å². The molecule has 172 valence electrons. The second-order valence-electron chi connectivity index (χ2n) is 7.16. The van der Waals surface area contributed by atoms with Crippen LogP contribution in [0.2, 0.25) is 0 Å². The molecule has 0 bridgehead atoms. The van der Waals surface area contributed by atoms with Crippen molar-refractivity contribution in [3.8, 4) is 0 Å². The number of carbonyl (C=O) groups is 1. The average Bonchev–Trinajstić information content (AvgIpc) is 3.19. The number of nitrogens with one attached hydrogen (secondary N) is 2. The molecule has 0 aliphatic heterocycles. The van der Waals surface area contributed by atoms with Gasteiger partial charge in [0.1, 0.15) is 12.8 Å². The van der Waals surface area contributed by atoms with E-state index >= 15 is 0 Å². The highest BCUT2D eigenvalue weighted by Crippen LogP contribution is 2.26. The molecule has 3 rings (SSSR count). The van der Waals surface area contributed by atoms with E-state index in [0.717, 1.165) is 16.5 Å². The van der Waals surface area contributed by atoms with Crippen LogP contribution in [-0.4, -0.2) is 43.1 Å². The number of aromatic nitrogens is 1. The van der Waals surface area contributed by atoms with Crippen LogP contribution in [0.3, 0.4) is 0 Å². The van der Waals surface area contributed by atoms with Gasteiger partial charge in [-0.1, -0.05) is 36.4 Å². The van der Waals surface area contributed by atoms with Crippen molar-refractivity contribution in [1.29, 1.82) is 0 Å². The molecule has 1 heterocycles. The fourth-order valence-electron chi connectivity index (χ4n) is 3.23. The molecule has 0 amide bonds. The van der Waals surface area contributed by atoms with Crippen LogP contribution in [0.1, 0.15) is 34.6 Å². The van der Waals surface area contributed by atoms with Crippen molar-refractivity contribution < 1.29 is 31.8 Å². The third-order valence-corrected chi connectivity index (χ3v) is 4.87. The molecular formula is C23H24F4N2O3. The molecule has 1 aromatic heterocycles. The van der Waals surface area contributed by atoms with Crippen molar-refractivity contribution in [3.63, 3.8) is 0 Å². The molecule has 0 radical (unpaired) electrons. The lowest BCUT2D eigenvalue weighted by Gasteiger charge is -2.23. The van der Waals surface area contributed by atoms with Gasteiger partial charge in [-0.25, -0.2) is 13.6 Å². The molecule has 0 aliphatic carbocycles. The molecule has 1 atom stereocenters. The van der Waals surface area contributed by atoms with Gasteiger partial charge >= 0.3 is 18.3 Å². The second-order valence-corrected chi connectivity index (χ2v) is 7.16. The third kappa shape index (κ3) is 5.86. The third-order valence-electron chi connectivity index (χ3n) is 4.87. The van der Waals surface area contributed by atoms with Gasteiger partial charge in [-0.3, -0.25) is 5.32 Å². The highest BCUT2D eigenvalue weighted by atomic mass is 19.3. The van der Waals surface area contributed by atoms with Crippen molar-refractivity contribution in [2.24, 2.45) is 0 Å². The number of esters is 1. The molecule has 2 N–H and O–H groups in total. The number of carbonyl (C=O) groups excluding carboxylic acids is 1. The summed E-state index contributed by atoms with van der Waals surface area (Å²) in [6.07, 6.45) is -2.47. The minimum Gasteiger partial charge on any atom is -0.462 e. The number of aromatic amines is 1. The van der Waals surface area contributed by atoms with E-state index in [1.165, 1.54) is 0 Å². The zero-order valence-corrected chi connectivity index (χ0v) is 17.4. The summed E-state index contributed by atoms with van der Waals surface area (Å²) in [5.41, 5.74) is 2.68. The number of alkyl halides is 4. The Kier molecular flexibility index (Phi) is 7.87. The average molecular weight is 452 g/mol. The number of H-pyrrole nitrogens is 1. The Morgan fingerprint density at radius 2 is 1.91 bits per heavy atom. The quantitative estimate of drug-likeness (QED) is 0.242. The smallest absolute Gasteiger partial charge is 0.338 e. The molecule has 3 aromatic rings. The highest BCUT2D eigenvalue weighted by Gasteiger charge is 2.41. The second kappa shape index (κ2) is 10.6. The van der Waals surface area contributed by atoms with E-state index in [1.807, 2.05) is 6.07 Å². The van der Waals surface area contributed by atoms with Gasteiger partial charge in [0.2, 0.25) is 0 Å². The number of hydrogen-bond acceptors (Lipinski definition) is 4. The van der Waals surface area contributed by atoms with Crippen molar-refractivity contribution in [3.05, 3.63) is 71.4 Å². The van der Waals surface area contributed by atoms with Crippen LogP contribution in [0.15, 0.2) is 54.7 Å². The lowest BCUT2D eigenvalue weighted by molar-refractivity contribution is -0.179. The highest BCUT2D eigenvalue weighted by molar-refractivity contribution is 5.95. The first-order valence-electron chi connectivity index (χ1n) is 10.1. The van der Waals surface area contributed by atoms with E-state index in [-0.39, 0.29) is 6.61 Å². The monoisotopic (exact) mass is 452 g/mol. The van der Waals surface area contributed by atoms with Crippen LogP contribution in [-0.2, 0) is 15.9 Å². The van der Waals surface area contributed by atoms with E-state index in [9.17, 15) is 22.4 Å². The molecule has 0 spiro atoms. The van der Waals surface area contributed by atoms with Crippen LogP contribution in [0.25, 0.3) is 10.9 Å². The number of ether oxygens (including phenoxy) is 2. The topological polar surface area (TPSA) is 63.4 Å². The maximum atomic E-state index is 13.3. The maximum Gasteiger partial charge on any atom is 0.338 e. The molecular weight excluding hydrogens is 428 g/mol. The molecule has 1 unspecified atom stereocenters. The number of hydrogen-bond donors (Lipinski definition) is 2. The number of fused-ring (bicyclic) bond motifs is 1. The first kappa shape index (κ1) is 23.7. The lowest BCUT2D eigenvalue weighted by Crippen LogP contribution is -2.36. The van der Waals surface area contributed by atoms with Crippen molar-refractivity contribution in [1.82, 2.24) is 10.3 Å². The maximum absolute atomic E-state index is 13.3. The van der Waals surface area contributed by atoms with Crippen LogP contribution < -0.4 is 5.32 Å².